The molecule has 1 saturated heterocycles. The Labute approximate surface area is 76.3 Å². The maximum Gasteiger partial charge on any atom is 0.409 e. The van der Waals surface area contributed by atoms with Gasteiger partial charge in [0, 0.05) is 6.42 Å². The van der Waals surface area contributed by atoms with Gasteiger partial charge in [-0.25, -0.2) is 4.79 Å². The predicted molar refractivity (Wildman–Crippen MR) is 44.4 cm³/mol. The van der Waals surface area contributed by atoms with Crippen molar-refractivity contribution < 1.29 is 19.4 Å². The normalized spacial score (nSPS) is 26.0. The molecule has 0 saturated carbocycles. The number of carbonyl (C=O) groups excluding carboxylic acids is 1. The highest BCUT2D eigenvalue weighted by Crippen LogP contribution is 2.28. The van der Waals surface area contributed by atoms with Crippen molar-refractivity contribution in [2.24, 2.45) is 0 Å². The van der Waals surface area contributed by atoms with Gasteiger partial charge >= 0.3 is 6.09 Å². The van der Waals surface area contributed by atoms with Gasteiger partial charge in [-0.05, 0) is 13.8 Å². The van der Waals surface area contributed by atoms with Crippen LogP contribution in [0.5, 0.6) is 0 Å². The number of carboxylic acid groups (broad SMARTS) is 1. The van der Waals surface area contributed by atoms with Gasteiger partial charge in [-0.3, -0.25) is 4.90 Å². The average molecular weight is 187 g/mol. The molecule has 1 N–H and O–H groups in total. The molecule has 0 bridgehead atoms. The van der Waals surface area contributed by atoms with E-state index in [4.69, 9.17) is 9.84 Å². The fraction of sp³-hybridized carbons (Fsp3) is 0.750. The predicted octanol–water partition coefficient (Wildman–Crippen LogP) is 0.690. The molecular formula is C8H13NO4. The Balaban J connectivity index is 2.79. The lowest BCUT2D eigenvalue weighted by Crippen LogP contribution is -2.47. The molecule has 0 aromatic carbocycles. The molecule has 5 heteroatoms. The Hall–Kier alpha value is -1.10. The number of carbonyl (C=O) groups is 2. The highest BCUT2D eigenvalue weighted by Gasteiger charge is 2.43. The van der Waals surface area contributed by atoms with Gasteiger partial charge in [-0.1, -0.05) is 0 Å². The molecule has 1 aliphatic heterocycles. The van der Waals surface area contributed by atoms with Crippen LogP contribution in [0.25, 0.3) is 0 Å². The third-order valence-corrected chi connectivity index (χ3v) is 2.15. The number of nitrogens with zero attached hydrogens (tertiary/aromatic N) is 1. The first kappa shape index (κ1) is 9.98. The van der Waals surface area contributed by atoms with Crippen molar-refractivity contribution in [3.8, 4) is 0 Å². The van der Waals surface area contributed by atoms with Crippen LogP contribution in [0.1, 0.15) is 20.3 Å². The lowest BCUT2D eigenvalue weighted by atomic mass is 10.2. The van der Waals surface area contributed by atoms with Crippen molar-refractivity contribution >= 4 is 12.4 Å². The molecule has 13 heavy (non-hydrogen) atoms. The van der Waals surface area contributed by atoms with Crippen LogP contribution < -0.4 is 0 Å². The topological polar surface area (TPSA) is 66.8 Å². The van der Waals surface area contributed by atoms with Crippen molar-refractivity contribution in [3.63, 3.8) is 0 Å². The summed E-state index contributed by atoms with van der Waals surface area (Å²) in [6, 6.07) is -0.343. The van der Waals surface area contributed by atoms with E-state index in [0.29, 0.717) is 6.29 Å². The molecule has 1 aliphatic rings. The van der Waals surface area contributed by atoms with Gasteiger partial charge < -0.3 is 14.6 Å². The van der Waals surface area contributed by atoms with Crippen LogP contribution in [0.4, 0.5) is 4.79 Å². The summed E-state index contributed by atoms with van der Waals surface area (Å²) < 4.78 is 5.27. The van der Waals surface area contributed by atoms with Crippen LogP contribution in [0, 0.1) is 0 Å². The van der Waals surface area contributed by atoms with Gasteiger partial charge in [0.25, 0.3) is 0 Å². The van der Waals surface area contributed by atoms with Crippen molar-refractivity contribution in [1.82, 2.24) is 4.90 Å². The van der Waals surface area contributed by atoms with E-state index in [0.717, 1.165) is 0 Å². The number of aldehydes is 1. The lowest BCUT2D eigenvalue weighted by molar-refractivity contribution is -0.108. The number of amides is 1. The minimum Gasteiger partial charge on any atom is -0.465 e. The van der Waals surface area contributed by atoms with E-state index in [1.54, 1.807) is 13.8 Å². The van der Waals surface area contributed by atoms with E-state index in [1.165, 1.54) is 4.90 Å². The fourth-order valence-corrected chi connectivity index (χ4v) is 1.55. The van der Waals surface area contributed by atoms with Gasteiger partial charge in [0.15, 0.2) is 0 Å². The van der Waals surface area contributed by atoms with Crippen LogP contribution >= 0.6 is 0 Å². The van der Waals surface area contributed by atoms with Gasteiger partial charge in [0.1, 0.15) is 12.0 Å². The standard InChI is InChI=1S/C8H13NO4/c1-8(2)9(7(11)12)6(3-4-10)5-13-8/h4,6H,3,5H2,1-2H3,(H,11,12)/t6-/m0/s1. The molecule has 5 nitrogen and oxygen atoms in total. The van der Waals surface area contributed by atoms with Crippen LogP contribution in [0.15, 0.2) is 0 Å². The van der Waals surface area contributed by atoms with Crippen molar-refractivity contribution in [2.45, 2.75) is 32.0 Å². The first-order valence-corrected chi connectivity index (χ1v) is 4.09. The molecule has 74 valence electrons. The van der Waals surface area contributed by atoms with Gasteiger partial charge in [0.05, 0.1) is 12.6 Å². The minimum atomic E-state index is -1.05. The fourth-order valence-electron chi connectivity index (χ4n) is 1.55. The Bertz CT molecular complexity index is 226. The van der Waals surface area contributed by atoms with E-state index in [-0.39, 0.29) is 19.1 Å². The van der Waals surface area contributed by atoms with Gasteiger partial charge in [-0.15, -0.1) is 0 Å². The first-order valence-electron chi connectivity index (χ1n) is 4.09. The monoisotopic (exact) mass is 187 g/mol. The number of rotatable bonds is 2. The maximum absolute atomic E-state index is 10.8. The van der Waals surface area contributed by atoms with E-state index in [1.807, 2.05) is 0 Å². The van der Waals surface area contributed by atoms with Gasteiger partial charge in [0.2, 0.25) is 0 Å². The zero-order valence-electron chi connectivity index (χ0n) is 7.69. The number of hydrogen-bond acceptors (Lipinski definition) is 3. The van der Waals surface area contributed by atoms with E-state index in [2.05, 4.69) is 0 Å². The SMILES string of the molecule is CC1(C)OC[C@H](CC=O)N1C(=O)O. The Morgan fingerprint density at radius 1 is 1.77 bits per heavy atom. The summed E-state index contributed by atoms with van der Waals surface area (Å²) >= 11 is 0. The number of hydrogen-bond donors (Lipinski definition) is 1. The highest BCUT2D eigenvalue weighted by molar-refractivity contribution is 5.67. The van der Waals surface area contributed by atoms with Crippen molar-refractivity contribution in [1.29, 1.82) is 0 Å². The van der Waals surface area contributed by atoms with E-state index in [9.17, 15) is 9.59 Å². The molecule has 0 spiro atoms. The average Bonchev–Trinajstić information content (AvgIpc) is 2.26. The summed E-state index contributed by atoms with van der Waals surface area (Å²) in [5.74, 6) is 0. The van der Waals surface area contributed by atoms with Gasteiger partial charge in [-0.2, -0.15) is 0 Å². The zero-order valence-corrected chi connectivity index (χ0v) is 7.69. The van der Waals surface area contributed by atoms with E-state index < -0.39 is 11.8 Å². The summed E-state index contributed by atoms with van der Waals surface area (Å²) in [7, 11) is 0. The summed E-state index contributed by atoms with van der Waals surface area (Å²) in [4.78, 5) is 22.3. The molecule has 1 fully saturated rings. The molecule has 0 aromatic heterocycles. The highest BCUT2D eigenvalue weighted by atomic mass is 16.5. The Morgan fingerprint density at radius 3 is 2.85 bits per heavy atom. The van der Waals surface area contributed by atoms with E-state index >= 15 is 0 Å². The Kier molecular flexibility index (Phi) is 2.56. The summed E-state index contributed by atoms with van der Waals surface area (Å²) in [6.45, 7) is 3.63. The molecule has 0 aliphatic carbocycles. The summed E-state index contributed by atoms with van der Waals surface area (Å²) in [5, 5.41) is 8.88. The lowest BCUT2D eigenvalue weighted by Gasteiger charge is -2.30. The summed E-state index contributed by atoms with van der Waals surface area (Å²) in [6.07, 6.45) is -0.143. The third kappa shape index (κ3) is 1.80. The summed E-state index contributed by atoms with van der Waals surface area (Å²) in [5.41, 5.74) is -0.820. The molecule has 0 unspecified atom stereocenters. The molecule has 0 radical (unpaired) electrons. The molecular weight excluding hydrogens is 174 g/mol. The molecule has 1 amide bonds. The van der Waals surface area contributed by atoms with Crippen LogP contribution in [-0.4, -0.2) is 40.8 Å². The van der Waals surface area contributed by atoms with Crippen molar-refractivity contribution in [3.05, 3.63) is 0 Å². The molecule has 1 rings (SSSR count). The minimum absolute atomic E-state index is 0.190. The quantitative estimate of drug-likeness (QED) is 0.646. The van der Waals surface area contributed by atoms with Crippen LogP contribution in [-0.2, 0) is 9.53 Å². The largest absolute Gasteiger partial charge is 0.465 e. The molecule has 0 aromatic rings. The Morgan fingerprint density at radius 2 is 2.38 bits per heavy atom. The second-order valence-electron chi connectivity index (χ2n) is 3.47. The molecule has 1 heterocycles. The second-order valence-corrected chi connectivity index (χ2v) is 3.47. The van der Waals surface area contributed by atoms with Crippen molar-refractivity contribution in [2.75, 3.05) is 6.61 Å². The third-order valence-electron chi connectivity index (χ3n) is 2.15. The maximum atomic E-state index is 10.8. The van der Waals surface area contributed by atoms with Crippen LogP contribution in [0.3, 0.4) is 0 Å². The van der Waals surface area contributed by atoms with Crippen LogP contribution in [0.2, 0.25) is 0 Å². The zero-order chi connectivity index (χ0) is 10.1. The smallest absolute Gasteiger partial charge is 0.409 e. The first-order chi connectivity index (χ1) is 5.99. The second kappa shape index (κ2) is 3.33. The number of ether oxygens (including phenoxy) is 1. The molecule has 1 atom stereocenters.